The zero-order chi connectivity index (χ0) is 13.9. The van der Waals surface area contributed by atoms with Crippen molar-refractivity contribution in [1.29, 1.82) is 0 Å². The van der Waals surface area contributed by atoms with Crippen LogP contribution in [0.15, 0.2) is 40.1 Å². The van der Waals surface area contributed by atoms with Gasteiger partial charge in [-0.3, -0.25) is 10.0 Å². The van der Waals surface area contributed by atoms with Gasteiger partial charge < -0.3 is 4.74 Å². The molecule has 3 rings (SSSR count). The van der Waals surface area contributed by atoms with Crippen LogP contribution in [0.4, 0.5) is 0 Å². The van der Waals surface area contributed by atoms with Crippen LogP contribution in [0.25, 0.3) is 0 Å². The maximum Gasteiger partial charge on any atom is 0.147 e. The van der Waals surface area contributed by atoms with E-state index in [4.69, 9.17) is 4.74 Å². The Bertz CT molecular complexity index is 535. The zero-order valence-electron chi connectivity index (χ0n) is 11.6. The van der Waals surface area contributed by atoms with Gasteiger partial charge >= 0.3 is 0 Å². The average molecular weight is 290 g/mol. The number of aliphatic imine (C=N–C) groups is 1. The van der Waals surface area contributed by atoms with Crippen molar-refractivity contribution in [2.24, 2.45) is 4.99 Å². The summed E-state index contributed by atoms with van der Waals surface area (Å²) in [4.78, 5) is 8.89. The van der Waals surface area contributed by atoms with Crippen molar-refractivity contribution in [2.75, 3.05) is 13.2 Å². The zero-order valence-corrected chi connectivity index (χ0v) is 12.5. The summed E-state index contributed by atoms with van der Waals surface area (Å²) >= 11 is 1.61. The fraction of sp³-hybridized carbons (Fsp3) is 0.429. The van der Waals surface area contributed by atoms with Gasteiger partial charge in [-0.1, -0.05) is 0 Å². The smallest absolute Gasteiger partial charge is 0.147 e. The number of rotatable bonds is 5. The Morgan fingerprint density at radius 1 is 1.45 bits per heavy atom. The lowest BCUT2D eigenvalue weighted by Crippen LogP contribution is -2.41. The van der Waals surface area contributed by atoms with Crippen molar-refractivity contribution in [2.45, 2.75) is 26.0 Å². The fourth-order valence-electron chi connectivity index (χ4n) is 2.26. The minimum atomic E-state index is 0.0801. The van der Waals surface area contributed by atoms with Gasteiger partial charge in [-0.15, -0.1) is 11.3 Å². The number of thiazole rings is 1. The number of allylic oxidation sites excluding steroid dienone is 2. The Balaban J connectivity index is 1.72. The third kappa shape index (κ3) is 2.62. The molecule has 6 heteroatoms. The van der Waals surface area contributed by atoms with Crippen molar-refractivity contribution in [3.05, 3.63) is 40.8 Å². The Kier molecular flexibility index (Phi) is 3.84. The lowest BCUT2D eigenvalue weighted by atomic mass is 10.2. The van der Waals surface area contributed by atoms with E-state index in [0.717, 1.165) is 18.1 Å². The third-order valence-corrected chi connectivity index (χ3v) is 3.76. The maximum atomic E-state index is 5.64. The number of hydrogen-bond acceptors (Lipinski definition) is 6. The molecule has 0 fully saturated rings. The number of hydrazine groups is 1. The molecule has 1 atom stereocenters. The number of nitrogens with zero attached hydrogens (tertiary/aromatic N) is 4. The summed E-state index contributed by atoms with van der Waals surface area (Å²) in [6.07, 6.45) is 8.29. The number of aromatic nitrogens is 1. The topological polar surface area (TPSA) is 41.0 Å². The standard InChI is InChI=1S/C14H18N4OS/c1-11(2)19-7-6-17-5-3-4-14-15-8-13(18(14)17)12-9-20-10-16-12/h3-5,8-11,13H,6-7H2,1-2H3. The van der Waals surface area contributed by atoms with E-state index in [-0.39, 0.29) is 12.1 Å². The molecule has 0 aromatic carbocycles. The Morgan fingerprint density at radius 2 is 2.35 bits per heavy atom. The van der Waals surface area contributed by atoms with E-state index in [1.807, 2.05) is 23.9 Å². The van der Waals surface area contributed by atoms with Crippen molar-refractivity contribution in [1.82, 2.24) is 15.0 Å². The second-order valence-corrected chi connectivity index (χ2v) is 5.65. The van der Waals surface area contributed by atoms with E-state index in [2.05, 4.69) is 45.4 Å². The highest BCUT2D eigenvalue weighted by atomic mass is 32.1. The summed E-state index contributed by atoms with van der Waals surface area (Å²) in [7, 11) is 0. The van der Waals surface area contributed by atoms with E-state index >= 15 is 0 Å². The third-order valence-electron chi connectivity index (χ3n) is 3.15. The molecule has 0 spiro atoms. The molecule has 0 N–H and O–H groups in total. The minimum absolute atomic E-state index is 0.0801. The SMILES string of the molecule is CC(C)OCCN1C=CC=C2N=CC(c3cscn3)N21. The number of fused-ring (bicyclic) bond motifs is 1. The Morgan fingerprint density at radius 3 is 3.10 bits per heavy atom. The van der Waals surface area contributed by atoms with Crippen LogP contribution in [0.5, 0.6) is 0 Å². The van der Waals surface area contributed by atoms with Gasteiger partial charge in [0, 0.05) is 17.8 Å². The normalized spacial score (nSPS) is 20.8. The van der Waals surface area contributed by atoms with Gasteiger partial charge in [0.15, 0.2) is 0 Å². The molecular weight excluding hydrogens is 272 g/mol. The highest BCUT2D eigenvalue weighted by molar-refractivity contribution is 7.07. The second-order valence-electron chi connectivity index (χ2n) is 4.93. The summed E-state index contributed by atoms with van der Waals surface area (Å²) in [5, 5.41) is 6.38. The maximum absolute atomic E-state index is 5.64. The van der Waals surface area contributed by atoms with Crippen molar-refractivity contribution < 1.29 is 4.74 Å². The summed E-state index contributed by atoms with van der Waals surface area (Å²) < 4.78 is 5.64. The first-order valence-electron chi connectivity index (χ1n) is 6.74. The predicted molar refractivity (Wildman–Crippen MR) is 80.2 cm³/mol. The molecule has 0 bridgehead atoms. The first-order chi connectivity index (χ1) is 9.75. The molecule has 3 heterocycles. The van der Waals surface area contributed by atoms with Gasteiger partial charge in [-0.05, 0) is 26.0 Å². The molecule has 0 saturated heterocycles. The van der Waals surface area contributed by atoms with E-state index in [1.54, 1.807) is 11.3 Å². The van der Waals surface area contributed by atoms with Gasteiger partial charge in [0.1, 0.15) is 11.9 Å². The largest absolute Gasteiger partial charge is 0.377 e. The van der Waals surface area contributed by atoms with E-state index in [9.17, 15) is 0 Å². The molecule has 0 radical (unpaired) electrons. The Labute approximate surface area is 122 Å². The second kappa shape index (κ2) is 5.76. The van der Waals surface area contributed by atoms with Gasteiger partial charge in [0.05, 0.1) is 30.5 Å². The molecule has 0 saturated carbocycles. The molecule has 2 aliphatic rings. The van der Waals surface area contributed by atoms with Crippen LogP contribution in [0.3, 0.4) is 0 Å². The van der Waals surface area contributed by atoms with Gasteiger partial charge in [0.2, 0.25) is 0 Å². The molecule has 1 aromatic heterocycles. The monoisotopic (exact) mass is 290 g/mol. The number of hydrogen-bond donors (Lipinski definition) is 0. The van der Waals surface area contributed by atoms with Crippen LogP contribution in [0, 0.1) is 0 Å². The summed E-state index contributed by atoms with van der Waals surface area (Å²) in [5.74, 6) is 0.954. The Hall–Kier alpha value is -1.66. The predicted octanol–water partition coefficient (Wildman–Crippen LogP) is 2.58. The van der Waals surface area contributed by atoms with Gasteiger partial charge in [0.25, 0.3) is 0 Å². The van der Waals surface area contributed by atoms with Gasteiger partial charge in [-0.2, -0.15) is 0 Å². The molecule has 20 heavy (non-hydrogen) atoms. The van der Waals surface area contributed by atoms with E-state index in [1.165, 1.54) is 0 Å². The highest BCUT2D eigenvalue weighted by Gasteiger charge is 2.32. The van der Waals surface area contributed by atoms with Crippen LogP contribution >= 0.6 is 11.3 Å². The molecular formula is C14H18N4OS. The average Bonchev–Trinajstić information content (AvgIpc) is 3.07. The van der Waals surface area contributed by atoms with Crippen LogP contribution < -0.4 is 0 Å². The van der Waals surface area contributed by atoms with Crippen LogP contribution in [-0.4, -0.2) is 40.5 Å². The molecule has 106 valence electrons. The molecule has 0 amide bonds. The van der Waals surface area contributed by atoms with Gasteiger partial charge in [-0.25, -0.2) is 9.98 Å². The summed E-state index contributed by atoms with van der Waals surface area (Å²) in [6.45, 7) is 5.59. The highest BCUT2D eigenvalue weighted by Crippen LogP contribution is 2.32. The first kappa shape index (κ1) is 13.3. The van der Waals surface area contributed by atoms with Crippen molar-refractivity contribution >= 4 is 17.6 Å². The lowest BCUT2D eigenvalue weighted by Gasteiger charge is -2.37. The lowest BCUT2D eigenvalue weighted by molar-refractivity contribution is -0.00229. The van der Waals surface area contributed by atoms with Crippen LogP contribution in [0.1, 0.15) is 25.6 Å². The van der Waals surface area contributed by atoms with Crippen LogP contribution in [0.2, 0.25) is 0 Å². The molecule has 2 aliphatic heterocycles. The van der Waals surface area contributed by atoms with Crippen molar-refractivity contribution in [3.8, 4) is 0 Å². The fourth-order valence-corrected chi connectivity index (χ4v) is 2.84. The molecule has 0 aliphatic carbocycles. The van der Waals surface area contributed by atoms with E-state index < -0.39 is 0 Å². The van der Waals surface area contributed by atoms with E-state index in [0.29, 0.717) is 6.61 Å². The quantitative estimate of drug-likeness (QED) is 0.836. The van der Waals surface area contributed by atoms with Crippen LogP contribution in [-0.2, 0) is 4.74 Å². The molecule has 1 unspecified atom stereocenters. The minimum Gasteiger partial charge on any atom is -0.377 e. The molecule has 1 aromatic rings. The summed E-state index contributed by atoms with van der Waals surface area (Å²) in [6, 6.07) is 0.0801. The first-order valence-corrected chi connectivity index (χ1v) is 7.68. The molecule has 5 nitrogen and oxygen atoms in total. The summed E-state index contributed by atoms with van der Waals surface area (Å²) in [5.41, 5.74) is 2.89. The van der Waals surface area contributed by atoms with Crippen molar-refractivity contribution in [3.63, 3.8) is 0 Å². The number of ether oxygens (including phenoxy) is 1.